The Morgan fingerprint density at radius 3 is 2.29 bits per heavy atom. The molecule has 1 aliphatic rings. The molecule has 3 aromatic rings. The highest BCUT2D eigenvalue weighted by molar-refractivity contribution is 5.91. The van der Waals surface area contributed by atoms with Crippen molar-refractivity contribution in [1.29, 1.82) is 0 Å². The first-order valence-electron chi connectivity index (χ1n) is 11.9. The van der Waals surface area contributed by atoms with E-state index in [-0.39, 0.29) is 31.6 Å². The quantitative estimate of drug-likeness (QED) is 0.487. The van der Waals surface area contributed by atoms with E-state index in [1.807, 2.05) is 42.5 Å². The summed E-state index contributed by atoms with van der Waals surface area (Å²) in [5.41, 5.74) is 7.27. The number of rotatable bonds is 7. The maximum atomic E-state index is 13.4. The van der Waals surface area contributed by atoms with Crippen molar-refractivity contribution in [3.8, 4) is 0 Å². The van der Waals surface area contributed by atoms with Gasteiger partial charge in [0.2, 0.25) is 11.8 Å². The predicted octanol–water partition coefficient (Wildman–Crippen LogP) is 3.98. The minimum Gasteiger partial charge on any atom is -0.445 e. The fraction of sp³-hybridized carbons (Fsp3) is 0.250. The zero-order chi connectivity index (χ0) is 27.3. The fourth-order valence-electron chi connectivity index (χ4n) is 4.35. The number of carbonyl (C=O) groups excluding carboxylic acids is 3. The molecule has 4 rings (SSSR count). The summed E-state index contributed by atoms with van der Waals surface area (Å²) >= 11 is 0. The topological polar surface area (TPSA) is 102 Å². The van der Waals surface area contributed by atoms with E-state index in [0.717, 1.165) is 28.8 Å². The van der Waals surface area contributed by atoms with E-state index in [9.17, 15) is 27.6 Å². The van der Waals surface area contributed by atoms with Gasteiger partial charge in [-0.05, 0) is 28.3 Å². The molecular formula is C28H26F3N3O4. The third kappa shape index (κ3) is 6.50. The highest BCUT2D eigenvalue weighted by atomic mass is 19.4. The fourth-order valence-corrected chi connectivity index (χ4v) is 4.35. The maximum absolute atomic E-state index is 13.4. The summed E-state index contributed by atoms with van der Waals surface area (Å²) in [5.74, 6) is -1.57. The van der Waals surface area contributed by atoms with E-state index in [1.165, 1.54) is 17.0 Å². The Labute approximate surface area is 217 Å². The molecule has 0 saturated carbocycles. The predicted molar refractivity (Wildman–Crippen MR) is 132 cm³/mol. The Bertz CT molecular complexity index is 1310. The molecule has 0 unspecified atom stereocenters. The minimum atomic E-state index is -4.56. The number of halogens is 3. The van der Waals surface area contributed by atoms with Crippen molar-refractivity contribution in [2.75, 3.05) is 0 Å². The Hall–Kier alpha value is -4.34. The molecule has 10 heteroatoms. The first-order valence-corrected chi connectivity index (χ1v) is 11.9. The van der Waals surface area contributed by atoms with Crippen LogP contribution in [0, 0.1) is 0 Å². The van der Waals surface area contributed by atoms with Gasteiger partial charge >= 0.3 is 12.3 Å². The van der Waals surface area contributed by atoms with Crippen LogP contribution in [0.15, 0.2) is 78.9 Å². The number of benzene rings is 3. The van der Waals surface area contributed by atoms with E-state index < -0.39 is 41.7 Å². The molecule has 0 saturated heterocycles. The zero-order valence-corrected chi connectivity index (χ0v) is 20.3. The number of hydrogen-bond donors (Lipinski definition) is 2. The Kier molecular flexibility index (Phi) is 7.99. The van der Waals surface area contributed by atoms with Crippen LogP contribution < -0.4 is 11.1 Å². The van der Waals surface area contributed by atoms with Gasteiger partial charge in [-0.1, -0.05) is 72.8 Å². The molecule has 7 nitrogen and oxygen atoms in total. The van der Waals surface area contributed by atoms with E-state index >= 15 is 0 Å². The van der Waals surface area contributed by atoms with Gasteiger partial charge in [0.05, 0.1) is 12.1 Å². The first kappa shape index (κ1) is 26.7. The third-order valence-electron chi connectivity index (χ3n) is 6.34. The average molecular weight is 526 g/mol. The summed E-state index contributed by atoms with van der Waals surface area (Å²) < 4.78 is 44.8. The standard InChI is InChI=1S/C28H26F3N3O4/c29-28(30,31)22-12-6-9-19(13-22)14-23(25(32)35)33-26(36)24-15-20-10-4-5-11-21(20)16-34(24)27(37)38-17-18-7-2-1-3-8-18/h1-13,23-24H,14-17H2,(H2,32,35)(H,33,36)/t23-,24+/m1/s1. The number of nitrogens with one attached hydrogen (secondary N) is 1. The SMILES string of the molecule is NC(=O)[C@@H](Cc1cccc(C(F)(F)F)c1)NC(=O)[C@@H]1Cc2ccccc2CN1C(=O)OCc1ccccc1. The number of nitrogens with two attached hydrogens (primary N) is 1. The number of fused-ring (bicyclic) bond motifs is 1. The molecule has 1 heterocycles. The summed E-state index contributed by atoms with van der Waals surface area (Å²) in [4.78, 5) is 39.9. The van der Waals surface area contributed by atoms with Crippen LogP contribution in [0.25, 0.3) is 0 Å². The Morgan fingerprint density at radius 1 is 0.947 bits per heavy atom. The lowest BCUT2D eigenvalue weighted by molar-refractivity contribution is -0.137. The van der Waals surface area contributed by atoms with Gasteiger partial charge in [-0.3, -0.25) is 14.5 Å². The van der Waals surface area contributed by atoms with Crippen LogP contribution in [0.2, 0.25) is 0 Å². The lowest BCUT2D eigenvalue weighted by Gasteiger charge is -2.35. The molecule has 0 aliphatic carbocycles. The van der Waals surface area contributed by atoms with E-state index in [1.54, 1.807) is 12.1 Å². The average Bonchev–Trinajstić information content (AvgIpc) is 2.90. The van der Waals surface area contributed by atoms with Crippen molar-refractivity contribution in [3.05, 3.63) is 107 Å². The number of hydrogen-bond acceptors (Lipinski definition) is 4. The number of ether oxygens (including phenoxy) is 1. The van der Waals surface area contributed by atoms with Gasteiger partial charge in [0.25, 0.3) is 0 Å². The number of carbonyl (C=O) groups is 3. The van der Waals surface area contributed by atoms with Gasteiger partial charge in [-0.25, -0.2) is 4.79 Å². The normalized spacial score (nSPS) is 15.8. The number of alkyl halides is 3. The van der Waals surface area contributed by atoms with Crippen molar-refractivity contribution in [1.82, 2.24) is 10.2 Å². The van der Waals surface area contributed by atoms with Gasteiger partial charge in [0, 0.05) is 12.8 Å². The van der Waals surface area contributed by atoms with E-state index in [2.05, 4.69) is 5.32 Å². The lowest BCUT2D eigenvalue weighted by atomic mass is 9.93. The van der Waals surface area contributed by atoms with Gasteiger partial charge in [-0.2, -0.15) is 13.2 Å². The smallest absolute Gasteiger partial charge is 0.416 e. The summed E-state index contributed by atoms with van der Waals surface area (Å²) in [6.45, 7) is 0.113. The first-order chi connectivity index (χ1) is 18.1. The van der Waals surface area contributed by atoms with Crippen molar-refractivity contribution in [2.45, 2.75) is 44.3 Å². The Morgan fingerprint density at radius 2 is 1.61 bits per heavy atom. The third-order valence-corrected chi connectivity index (χ3v) is 6.34. The van der Waals surface area contributed by atoms with Gasteiger partial charge in [0.1, 0.15) is 18.7 Å². The maximum Gasteiger partial charge on any atom is 0.416 e. The summed E-state index contributed by atoms with van der Waals surface area (Å²) in [5, 5.41) is 2.54. The van der Waals surface area contributed by atoms with Crippen LogP contribution in [0.5, 0.6) is 0 Å². The van der Waals surface area contributed by atoms with Crippen LogP contribution in [0.3, 0.4) is 0 Å². The summed E-state index contributed by atoms with van der Waals surface area (Å²) in [6.07, 6.45) is -5.35. The van der Waals surface area contributed by atoms with Crippen molar-refractivity contribution < 1.29 is 32.3 Å². The van der Waals surface area contributed by atoms with Crippen LogP contribution in [0.1, 0.15) is 27.8 Å². The minimum absolute atomic E-state index is 0.00557. The van der Waals surface area contributed by atoms with Crippen molar-refractivity contribution >= 4 is 17.9 Å². The molecule has 0 spiro atoms. The lowest BCUT2D eigenvalue weighted by Crippen LogP contribution is -2.56. The second-order valence-electron chi connectivity index (χ2n) is 9.02. The number of amides is 3. The molecule has 198 valence electrons. The number of nitrogens with zero attached hydrogens (tertiary/aromatic N) is 1. The molecule has 3 aromatic carbocycles. The highest BCUT2D eigenvalue weighted by Gasteiger charge is 2.37. The highest BCUT2D eigenvalue weighted by Crippen LogP contribution is 2.30. The van der Waals surface area contributed by atoms with Crippen molar-refractivity contribution in [2.24, 2.45) is 5.73 Å². The molecule has 0 aromatic heterocycles. The van der Waals surface area contributed by atoms with Gasteiger partial charge in [-0.15, -0.1) is 0 Å². The monoisotopic (exact) mass is 525 g/mol. The number of primary amides is 1. The van der Waals surface area contributed by atoms with Gasteiger partial charge < -0.3 is 15.8 Å². The second-order valence-corrected chi connectivity index (χ2v) is 9.02. The molecule has 38 heavy (non-hydrogen) atoms. The molecule has 0 radical (unpaired) electrons. The molecule has 2 atom stereocenters. The largest absolute Gasteiger partial charge is 0.445 e. The zero-order valence-electron chi connectivity index (χ0n) is 20.3. The van der Waals surface area contributed by atoms with Crippen LogP contribution >= 0.6 is 0 Å². The summed E-state index contributed by atoms with van der Waals surface area (Å²) in [7, 11) is 0. The van der Waals surface area contributed by atoms with Gasteiger partial charge in [0.15, 0.2) is 0 Å². The molecular weight excluding hydrogens is 499 g/mol. The second kappa shape index (κ2) is 11.4. The molecule has 1 aliphatic heterocycles. The van der Waals surface area contributed by atoms with Crippen LogP contribution in [0.4, 0.5) is 18.0 Å². The molecule has 0 fully saturated rings. The molecule has 3 N–H and O–H groups in total. The molecule has 3 amide bonds. The van der Waals surface area contributed by atoms with Crippen LogP contribution in [-0.4, -0.2) is 34.9 Å². The Balaban J connectivity index is 1.52. The molecule has 0 bridgehead atoms. The summed E-state index contributed by atoms with van der Waals surface area (Å²) in [6, 6.07) is 18.6. The van der Waals surface area contributed by atoms with Crippen LogP contribution in [-0.2, 0) is 46.5 Å². The van der Waals surface area contributed by atoms with E-state index in [4.69, 9.17) is 10.5 Å². The van der Waals surface area contributed by atoms with Crippen molar-refractivity contribution in [3.63, 3.8) is 0 Å². The van der Waals surface area contributed by atoms with E-state index in [0.29, 0.717) is 0 Å².